The van der Waals surface area contributed by atoms with E-state index in [0.717, 1.165) is 11.8 Å². The van der Waals surface area contributed by atoms with Gasteiger partial charge in [-0.05, 0) is 5.56 Å². The number of carbonyl (C=O) groups excluding carboxylic acids is 2. The maximum absolute atomic E-state index is 12.5. The van der Waals surface area contributed by atoms with Gasteiger partial charge in [-0.15, -0.1) is 0 Å². The zero-order valence-electron chi connectivity index (χ0n) is 12.2. The van der Waals surface area contributed by atoms with Crippen LogP contribution >= 0.6 is 0 Å². The first kappa shape index (κ1) is 15.0. The van der Waals surface area contributed by atoms with E-state index in [4.69, 9.17) is 0 Å². The summed E-state index contributed by atoms with van der Waals surface area (Å²) in [5.41, 5.74) is 0.865. The van der Waals surface area contributed by atoms with Crippen LogP contribution in [0.1, 0.15) is 5.56 Å². The summed E-state index contributed by atoms with van der Waals surface area (Å²) in [7, 11) is -3.36. The van der Waals surface area contributed by atoms with Gasteiger partial charge in [0.05, 0.1) is 12.8 Å². The van der Waals surface area contributed by atoms with E-state index >= 15 is 0 Å². The third-order valence-electron chi connectivity index (χ3n) is 4.02. The summed E-state index contributed by atoms with van der Waals surface area (Å²) in [6.07, 6.45) is 1.12. The molecule has 2 saturated heterocycles. The van der Waals surface area contributed by atoms with Crippen LogP contribution in [0.15, 0.2) is 30.3 Å². The van der Waals surface area contributed by atoms with E-state index in [2.05, 4.69) is 0 Å². The van der Waals surface area contributed by atoms with Crippen LogP contribution in [0.5, 0.6) is 0 Å². The number of hydrogen-bond acceptors (Lipinski definition) is 4. The van der Waals surface area contributed by atoms with Crippen molar-refractivity contribution in [3.8, 4) is 0 Å². The predicted octanol–water partition coefficient (Wildman–Crippen LogP) is 0.0946. The molecule has 2 fully saturated rings. The Balaban J connectivity index is 1.80. The van der Waals surface area contributed by atoms with Crippen LogP contribution in [-0.4, -0.2) is 66.4 Å². The molecule has 1 aromatic carbocycles. The van der Waals surface area contributed by atoms with E-state index in [9.17, 15) is 18.0 Å². The van der Waals surface area contributed by atoms with Crippen LogP contribution in [0.3, 0.4) is 0 Å². The number of amides is 3. The van der Waals surface area contributed by atoms with Gasteiger partial charge in [0.15, 0.2) is 0 Å². The van der Waals surface area contributed by atoms with Gasteiger partial charge in [0.2, 0.25) is 10.0 Å². The Hall–Kier alpha value is -1.93. The van der Waals surface area contributed by atoms with Gasteiger partial charge >= 0.3 is 6.03 Å². The van der Waals surface area contributed by atoms with Gasteiger partial charge in [-0.2, -0.15) is 4.31 Å². The molecule has 7 nitrogen and oxygen atoms in total. The highest BCUT2D eigenvalue weighted by molar-refractivity contribution is 7.88. The van der Waals surface area contributed by atoms with Crippen molar-refractivity contribution in [2.24, 2.45) is 0 Å². The van der Waals surface area contributed by atoms with Crippen LogP contribution in [0.4, 0.5) is 4.79 Å². The molecule has 1 aromatic rings. The second kappa shape index (κ2) is 5.36. The lowest BCUT2D eigenvalue weighted by atomic mass is 10.2. The van der Waals surface area contributed by atoms with Crippen LogP contribution in [0.25, 0.3) is 0 Å². The number of hydrogen-bond donors (Lipinski definition) is 0. The minimum Gasteiger partial charge on any atom is -0.310 e. The van der Waals surface area contributed by atoms with Gasteiger partial charge in [0.25, 0.3) is 5.91 Å². The number of nitrogens with zero attached hydrogens (tertiary/aromatic N) is 3. The molecule has 3 rings (SSSR count). The summed E-state index contributed by atoms with van der Waals surface area (Å²) in [4.78, 5) is 27.5. The van der Waals surface area contributed by atoms with Crippen LogP contribution in [0, 0.1) is 0 Å². The van der Waals surface area contributed by atoms with E-state index in [1.165, 1.54) is 14.1 Å². The summed E-state index contributed by atoms with van der Waals surface area (Å²) >= 11 is 0. The number of fused-ring (bicyclic) bond motifs is 1. The molecule has 2 heterocycles. The molecule has 22 heavy (non-hydrogen) atoms. The highest BCUT2D eigenvalue weighted by Crippen LogP contribution is 2.24. The molecule has 118 valence electrons. The maximum Gasteiger partial charge on any atom is 0.327 e. The highest BCUT2D eigenvalue weighted by Gasteiger charge is 2.48. The molecule has 0 aliphatic carbocycles. The number of sulfonamides is 1. The standard InChI is InChI=1S/C14H17N3O4S/c1-22(20,21)15-7-8-16-12(10-15)13(18)17(14(16)19)9-11-5-3-2-4-6-11/h2-6,12H,7-10H2,1H3/t12-/m1/s1. The Morgan fingerprint density at radius 3 is 2.45 bits per heavy atom. The van der Waals surface area contributed by atoms with Gasteiger partial charge in [0, 0.05) is 19.6 Å². The third-order valence-corrected chi connectivity index (χ3v) is 5.29. The zero-order chi connectivity index (χ0) is 15.9. The average molecular weight is 323 g/mol. The van der Waals surface area contributed by atoms with E-state index < -0.39 is 16.1 Å². The van der Waals surface area contributed by atoms with Crippen molar-refractivity contribution < 1.29 is 18.0 Å². The third kappa shape index (κ3) is 2.59. The van der Waals surface area contributed by atoms with Gasteiger partial charge < -0.3 is 4.90 Å². The van der Waals surface area contributed by atoms with Crippen molar-refractivity contribution in [2.45, 2.75) is 12.6 Å². The monoisotopic (exact) mass is 323 g/mol. The first-order valence-corrected chi connectivity index (χ1v) is 8.84. The lowest BCUT2D eigenvalue weighted by molar-refractivity contribution is -0.129. The Morgan fingerprint density at radius 1 is 1.14 bits per heavy atom. The van der Waals surface area contributed by atoms with Crippen molar-refractivity contribution in [1.82, 2.24) is 14.1 Å². The number of piperazine rings is 1. The normalized spacial score (nSPS) is 23.0. The van der Waals surface area contributed by atoms with Gasteiger partial charge in [-0.25, -0.2) is 13.2 Å². The number of urea groups is 1. The minimum absolute atomic E-state index is 0.0364. The molecule has 0 aromatic heterocycles. The fourth-order valence-corrected chi connectivity index (χ4v) is 3.67. The smallest absolute Gasteiger partial charge is 0.310 e. The molecule has 0 radical (unpaired) electrons. The van der Waals surface area contributed by atoms with Crippen LogP contribution in [0.2, 0.25) is 0 Å². The molecule has 2 aliphatic rings. The first-order chi connectivity index (χ1) is 10.4. The molecule has 0 unspecified atom stereocenters. The summed E-state index contributed by atoms with van der Waals surface area (Å²) in [5, 5.41) is 0. The molecule has 0 spiro atoms. The lowest BCUT2D eigenvalue weighted by Gasteiger charge is -2.33. The van der Waals surface area contributed by atoms with Crippen LogP contribution in [-0.2, 0) is 21.4 Å². The first-order valence-electron chi connectivity index (χ1n) is 6.99. The quantitative estimate of drug-likeness (QED) is 0.739. The SMILES string of the molecule is CS(=O)(=O)N1CCN2C(=O)N(Cc3ccccc3)C(=O)[C@H]2C1. The van der Waals surface area contributed by atoms with E-state index in [1.807, 2.05) is 30.3 Å². The molecular weight excluding hydrogens is 306 g/mol. The molecule has 8 heteroatoms. The van der Waals surface area contributed by atoms with Gasteiger partial charge in [-0.3, -0.25) is 9.69 Å². The second-order valence-corrected chi connectivity index (χ2v) is 7.51. The summed E-state index contributed by atoms with van der Waals surface area (Å²) in [6, 6.07) is 8.20. The Labute approximate surface area is 129 Å². The average Bonchev–Trinajstić information content (AvgIpc) is 2.72. The second-order valence-electron chi connectivity index (χ2n) is 5.52. The Bertz CT molecular complexity index is 704. The maximum atomic E-state index is 12.5. The highest BCUT2D eigenvalue weighted by atomic mass is 32.2. The number of imide groups is 1. The largest absolute Gasteiger partial charge is 0.327 e. The molecule has 0 N–H and O–H groups in total. The van der Waals surface area contributed by atoms with Crippen molar-refractivity contribution in [1.29, 1.82) is 0 Å². The molecule has 3 amide bonds. The van der Waals surface area contributed by atoms with E-state index in [-0.39, 0.29) is 38.1 Å². The van der Waals surface area contributed by atoms with Gasteiger partial charge in [0.1, 0.15) is 6.04 Å². The van der Waals surface area contributed by atoms with Gasteiger partial charge in [-0.1, -0.05) is 30.3 Å². The fourth-order valence-electron chi connectivity index (χ4n) is 2.84. The van der Waals surface area contributed by atoms with Crippen molar-refractivity contribution in [2.75, 3.05) is 25.9 Å². The van der Waals surface area contributed by atoms with E-state index in [1.54, 1.807) is 0 Å². The predicted molar refractivity (Wildman–Crippen MR) is 79.3 cm³/mol. The Morgan fingerprint density at radius 2 is 1.82 bits per heavy atom. The summed E-state index contributed by atoms with van der Waals surface area (Å²) < 4.78 is 24.5. The topological polar surface area (TPSA) is 78.0 Å². The lowest BCUT2D eigenvalue weighted by Crippen LogP contribution is -2.54. The fraction of sp³-hybridized carbons (Fsp3) is 0.429. The van der Waals surface area contributed by atoms with Crippen molar-refractivity contribution in [3.05, 3.63) is 35.9 Å². The van der Waals surface area contributed by atoms with Crippen molar-refractivity contribution >= 4 is 22.0 Å². The molecule has 1 atom stereocenters. The van der Waals surface area contributed by atoms with Crippen molar-refractivity contribution in [3.63, 3.8) is 0 Å². The molecular formula is C14H17N3O4S. The summed E-state index contributed by atoms with van der Waals surface area (Å²) in [5.74, 6) is -0.331. The number of benzene rings is 1. The van der Waals surface area contributed by atoms with Crippen LogP contribution < -0.4 is 0 Å². The molecule has 2 aliphatic heterocycles. The Kier molecular flexibility index (Phi) is 3.65. The zero-order valence-corrected chi connectivity index (χ0v) is 13.0. The molecule has 0 saturated carbocycles. The molecule has 0 bridgehead atoms. The number of carbonyl (C=O) groups is 2. The minimum atomic E-state index is -3.36. The van der Waals surface area contributed by atoms with E-state index in [0.29, 0.717) is 0 Å². The number of rotatable bonds is 3. The summed E-state index contributed by atoms with van der Waals surface area (Å²) in [6.45, 7) is 0.722.